The molecular formula is C19H14N8O3. The molecule has 11 heteroatoms. The van der Waals surface area contributed by atoms with Crippen molar-refractivity contribution in [1.82, 2.24) is 40.3 Å². The van der Waals surface area contributed by atoms with E-state index >= 15 is 0 Å². The van der Waals surface area contributed by atoms with E-state index in [0.717, 1.165) is 5.56 Å². The van der Waals surface area contributed by atoms with Crippen molar-refractivity contribution in [3.05, 3.63) is 70.3 Å². The first kappa shape index (κ1) is 17.7. The van der Waals surface area contributed by atoms with Gasteiger partial charge in [0.2, 0.25) is 0 Å². The summed E-state index contributed by atoms with van der Waals surface area (Å²) in [5.41, 5.74) is 1.07. The van der Waals surface area contributed by atoms with Crippen molar-refractivity contribution in [2.45, 2.75) is 13.5 Å². The summed E-state index contributed by atoms with van der Waals surface area (Å²) in [6.07, 6.45) is 1.76. The number of aromatic nitrogens is 7. The molecule has 0 bridgehead atoms. The number of rotatable bonds is 4. The van der Waals surface area contributed by atoms with Crippen molar-refractivity contribution in [3.8, 4) is 11.5 Å². The summed E-state index contributed by atoms with van der Waals surface area (Å²) < 4.78 is 6.91. The molecule has 0 atom stereocenters. The van der Waals surface area contributed by atoms with Crippen LogP contribution in [-0.4, -0.2) is 40.8 Å². The number of H-pyrrole nitrogens is 1. The van der Waals surface area contributed by atoms with Crippen LogP contribution in [0.2, 0.25) is 0 Å². The molecule has 30 heavy (non-hydrogen) atoms. The highest BCUT2D eigenvalue weighted by atomic mass is 16.5. The predicted molar refractivity (Wildman–Crippen MR) is 105 cm³/mol. The van der Waals surface area contributed by atoms with Crippen LogP contribution in [0, 0.1) is 6.92 Å². The molecule has 0 spiro atoms. The lowest BCUT2D eigenvalue weighted by molar-refractivity contribution is 0.0945. The molecule has 0 saturated carbocycles. The summed E-state index contributed by atoms with van der Waals surface area (Å²) in [4.78, 5) is 28.7. The number of hydrogen-bond donors (Lipinski definition) is 2. The molecule has 5 rings (SSSR count). The Bertz CT molecular complexity index is 1470. The second-order valence-corrected chi connectivity index (χ2v) is 6.54. The molecule has 5 aromatic rings. The van der Waals surface area contributed by atoms with Crippen LogP contribution in [0.1, 0.15) is 22.1 Å². The smallest absolute Gasteiger partial charge is 0.272 e. The lowest BCUT2D eigenvalue weighted by atomic mass is 10.1. The van der Waals surface area contributed by atoms with E-state index in [0.29, 0.717) is 34.0 Å². The van der Waals surface area contributed by atoms with Crippen LogP contribution in [0.15, 0.2) is 51.9 Å². The average molecular weight is 402 g/mol. The molecule has 4 heterocycles. The summed E-state index contributed by atoms with van der Waals surface area (Å²) >= 11 is 0. The number of pyridine rings is 1. The Balaban J connectivity index is 1.40. The third-order valence-electron chi connectivity index (χ3n) is 4.57. The van der Waals surface area contributed by atoms with E-state index in [1.54, 1.807) is 53.9 Å². The highest BCUT2D eigenvalue weighted by Crippen LogP contribution is 2.19. The van der Waals surface area contributed by atoms with E-state index < -0.39 is 5.91 Å². The first-order chi connectivity index (χ1) is 14.6. The molecular weight excluding hydrogens is 388 g/mol. The maximum atomic E-state index is 12.7. The van der Waals surface area contributed by atoms with Gasteiger partial charge in [0.1, 0.15) is 0 Å². The number of aryl methyl sites for hydroxylation is 1. The first-order valence-electron chi connectivity index (χ1n) is 9.00. The van der Waals surface area contributed by atoms with Gasteiger partial charge in [-0.1, -0.05) is 23.4 Å². The van der Waals surface area contributed by atoms with Crippen LogP contribution in [0.3, 0.4) is 0 Å². The van der Waals surface area contributed by atoms with Gasteiger partial charge in [-0.25, -0.2) is 5.10 Å². The van der Waals surface area contributed by atoms with Gasteiger partial charge in [-0.15, -0.1) is 10.2 Å². The number of aromatic amines is 1. The number of carbonyl (C=O) groups excluding carboxylic acids is 1. The van der Waals surface area contributed by atoms with Gasteiger partial charge in [-0.3, -0.25) is 14.0 Å². The van der Waals surface area contributed by atoms with Gasteiger partial charge in [0, 0.05) is 17.1 Å². The predicted octanol–water partition coefficient (Wildman–Crippen LogP) is 1.25. The molecule has 1 aromatic carbocycles. The zero-order valence-electron chi connectivity index (χ0n) is 15.7. The third kappa shape index (κ3) is 2.98. The quantitative estimate of drug-likeness (QED) is 0.457. The minimum Gasteiger partial charge on any atom is -0.343 e. The van der Waals surface area contributed by atoms with Gasteiger partial charge in [0.15, 0.2) is 23.0 Å². The second-order valence-electron chi connectivity index (χ2n) is 6.54. The van der Waals surface area contributed by atoms with Crippen LogP contribution in [0.25, 0.3) is 27.9 Å². The largest absolute Gasteiger partial charge is 0.343 e. The molecule has 1 amide bonds. The fourth-order valence-electron chi connectivity index (χ4n) is 3.14. The molecule has 0 saturated heterocycles. The first-order valence-corrected chi connectivity index (χ1v) is 9.00. The Morgan fingerprint density at radius 3 is 2.83 bits per heavy atom. The van der Waals surface area contributed by atoms with E-state index in [1.165, 1.54) is 0 Å². The van der Waals surface area contributed by atoms with Crippen LogP contribution in [-0.2, 0) is 6.54 Å². The topological polar surface area (TPSA) is 144 Å². The minimum atomic E-state index is -0.433. The van der Waals surface area contributed by atoms with Crippen LogP contribution in [0.4, 0.5) is 0 Å². The van der Waals surface area contributed by atoms with Gasteiger partial charge in [0.25, 0.3) is 17.4 Å². The highest BCUT2D eigenvalue weighted by molar-refractivity contribution is 6.04. The lowest BCUT2D eigenvalue weighted by Gasteiger charge is -2.06. The fraction of sp³-hybridized carbons (Fsp3) is 0.105. The monoisotopic (exact) mass is 402 g/mol. The Morgan fingerprint density at radius 1 is 1.20 bits per heavy atom. The van der Waals surface area contributed by atoms with E-state index in [-0.39, 0.29) is 17.8 Å². The fourth-order valence-corrected chi connectivity index (χ4v) is 3.14. The molecule has 0 fully saturated rings. The normalized spacial score (nSPS) is 11.2. The number of benzene rings is 1. The van der Waals surface area contributed by atoms with Gasteiger partial charge in [-0.2, -0.15) is 10.1 Å². The lowest BCUT2D eigenvalue weighted by Crippen LogP contribution is -2.27. The van der Waals surface area contributed by atoms with Gasteiger partial charge in [-0.05, 0) is 25.1 Å². The molecule has 148 valence electrons. The van der Waals surface area contributed by atoms with Crippen molar-refractivity contribution in [3.63, 3.8) is 0 Å². The van der Waals surface area contributed by atoms with Crippen molar-refractivity contribution in [2.24, 2.45) is 0 Å². The van der Waals surface area contributed by atoms with Crippen LogP contribution >= 0.6 is 0 Å². The molecule has 2 N–H and O–H groups in total. The Morgan fingerprint density at radius 2 is 2.03 bits per heavy atom. The molecule has 0 aliphatic heterocycles. The second kappa shape index (κ2) is 6.88. The number of hydrogen-bond acceptors (Lipinski definition) is 8. The average Bonchev–Trinajstić information content (AvgIpc) is 3.38. The van der Waals surface area contributed by atoms with Gasteiger partial charge < -0.3 is 9.84 Å². The minimum absolute atomic E-state index is 0.119. The Kier molecular flexibility index (Phi) is 4.05. The van der Waals surface area contributed by atoms with Gasteiger partial charge >= 0.3 is 0 Å². The standard InChI is InChI=1S/C19H14N8O3/c1-10-21-19(30-26-10)11-6-7-27-14(8-11)22-23-15(27)9-20-18(29)16-12-4-2-3-5-13(12)17(28)25-24-16/h2-8H,9H2,1H3,(H,20,29)(H,25,28). The number of nitrogens with zero attached hydrogens (tertiary/aromatic N) is 6. The molecule has 0 radical (unpaired) electrons. The Hall–Kier alpha value is -4.41. The van der Waals surface area contributed by atoms with Crippen molar-refractivity contribution >= 4 is 22.3 Å². The maximum absolute atomic E-state index is 12.7. The molecule has 11 nitrogen and oxygen atoms in total. The summed E-state index contributed by atoms with van der Waals surface area (Å²) in [6, 6.07) is 10.4. The zero-order valence-corrected chi connectivity index (χ0v) is 15.7. The third-order valence-corrected chi connectivity index (χ3v) is 4.57. The van der Waals surface area contributed by atoms with E-state index in [1.807, 2.05) is 0 Å². The van der Waals surface area contributed by atoms with Crippen LogP contribution < -0.4 is 10.9 Å². The van der Waals surface area contributed by atoms with E-state index in [2.05, 4.69) is 35.9 Å². The summed E-state index contributed by atoms with van der Waals surface area (Å²) in [7, 11) is 0. The summed E-state index contributed by atoms with van der Waals surface area (Å²) in [5, 5.41) is 21.9. The van der Waals surface area contributed by atoms with Crippen molar-refractivity contribution in [2.75, 3.05) is 0 Å². The van der Waals surface area contributed by atoms with Gasteiger partial charge in [0.05, 0.1) is 11.9 Å². The number of amides is 1. The maximum Gasteiger partial charge on any atom is 0.272 e. The molecule has 0 aliphatic carbocycles. The molecule has 0 unspecified atom stereocenters. The summed E-state index contributed by atoms with van der Waals surface area (Å²) in [5.74, 6) is 1.03. The van der Waals surface area contributed by atoms with Crippen molar-refractivity contribution in [1.29, 1.82) is 0 Å². The Labute approximate surface area is 167 Å². The number of fused-ring (bicyclic) bond motifs is 2. The zero-order chi connectivity index (χ0) is 20.7. The highest BCUT2D eigenvalue weighted by Gasteiger charge is 2.16. The van der Waals surface area contributed by atoms with E-state index in [9.17, 15) is 9.59 Å². The molecule has 0 aliphatic rings. The van der Waals surface area contributed by atoms with E-state index in [4.69, 9.17) is 4.52 Å². The van der Waals surface area contributed by atoms with Crippen LogP contribution in [0.5, 0.6) is 0 Å². The SMILES string of the molecule is Cc1noc(-c2ccn3c(CNC(=O)c4n[nH]c(=O)c5ccccc45)nnc3c2)n1. The van der Waals surface area contributed by atoms with Crippen molar-refractivity contribution < 1.29 is 9.32 Å². The molecule has 4 aromatic heterocycles. The number of nitrogens with one attached hydrogen (secondary N) is 2. The number of carbonyl (C=O) groups is 1. The summed E-state index contributed by atoms with van der Waals surface area (Å²) in [6.45, 7) is 1.86.